The summed E-state index contributed by atoms with van der Waals surface area (Å²) in [5, 5.41) is 3.19. The number of primary amides is 1. The van der Waals surface area contributed by atoms with Gasteiger partial charge in [0.25, 0.3) is 5.91 Å². The Balaban J connectivity index is 0.00000288. The number of nitrogens with two attached hydrogens (primary N) is 1. The molecule has 0 spiro atoms. The maximum Gasteiger partial charge on any atom is 0.284 e. The largest absolute Gasteiger partial charge is 0.454 e. The minimum atomic E-state index is -0.576. The lowest BCUT2D eigenvalue weighted by Crippen LogP contribution is -2.37. The van der Waals surface area contributed by atoms with E-state index in [1.807, 2.05) is 24.1 Å². The van der Waals surface area contributed by atoms with E-state index in [4.69, 9.17) is 10.2 Å². The van der Waals surface area contributed by atoms with Crippen molar-refractivity contribution in [3.8, 4) is 0 Å². The van der Waals surface area contributed by atoms with Crippen LogP contribution in [0.15, 0.2) is 50.3 Å². The van der Waals surface area contributed by atoms with Gasteiger partial charge in [-0.05, 0) is 29.8 Å². The fourth-order valence-corrected chi connectivity index (χ4v) is 2.36. The molecule has 1 aromatic carbocycles. The zero-order valence-electron chi connectivity index (χ0n) is 13.5. The minimum absolute atomic E-state index is 0. The highest BCUT2D eigenvalue weighted by molar-refractivity contribution is 14.0. The molecule has 3 N–H and O–H groups in total. The number of hydrogen-bond donors (Lipinski definition) is 2. The second kappa shape index (κ2) is 9.67. The molecule has 0 aliphatic rings. The summed E-state index contributed by atoms with van der Waals surface area (Å²) in [6.45, 7) is 1.14. The van der Waals surface area contributed by atoms with Crippen LogP contribution in [0.4, 0.5) is 0 Å². The quantitative estimate of drug-likeness (QED) is 0.371. The maximum absolute atomic E-state index is 11.0. The summed E-state index contributed by atoms with van der Waals surface area (Å²) in [5.74, 6) is 0.926. The van der Waals surface area contributed by atoms with Crippen molar-refractivity contribution in [2.75, 3.05) is 14.1 Å². The SMILES string of the molecule is CN=C(NCc1ccc(C(N)=O)o1)N(C)Cc1ccc(Br)cc1.I. The van der Waals surface area contributed by atoms with E-state index in [-0.39, 0.29) is 29.7 Å². The van der Waals surface area contributed by atoms with Crippen molar-refractivity contribution in [1.29, 1.82) is 0 Å². The van der Waals surface area contributed by atoms with Crippen LogP contribution in [-0.2, 0) is 13.1 Å². The molecule has 1 aromatic heterocycles. The molecule has 1 heterocycles. The molecular weight excluding hydrogens is 487 g/mol. The molecule has 2 aromatic rings. The number of benzene rings is 1. The van der Waals surface area contributed by atoms with Gasteiger partial charge in [0.2, 0.25) is 0 Å². The topological polar surface area (TPSA) is 83.9 Å². The number of nitrogens with zero attached hydrogens (tertiary/aromatic N) is 2. The van der Waals surface area contributed by atoms with E-state index >= 15 is 0 Å². The monoisotopic (exact) mass is 506 g/mol. The Morgan fingerprint density at radius 2 is 1.96 bits per heavy atom. The van der Waals surface area contributed by atoms with E-state index in [1.165, 1.54) is 5.56 Å². The van der Waals surface area contributed by atoms with Gasteiger partial charge >= 0.3 is 0 Å². The highest BCUT2D eigenvalue weighted by Crippen LogP contribution is 2.12. The molecule has 0 atom stereocenters. The summed E-state index contributed by atoms with van der Waals surface area (Å²) in [6, 6.07) is 11.4. The molecule has 0 unspecified atom stereocenters. The van der Waals surface area contributed by atoms with Crippen LogP contribution in [0.3, 0.4) is 0 Å². The highest BCUT2D eigenvalue weighted by atomic mass is 127. The van der Waals surface area contributed by atoms with E-state index in [0.29, 0.717) is 12.3 Å². The predicted octanol–water partition coefficient (Wildman–Crippen LogP) is 2.97. The molecule has 6 nitrogen and oxygen atoms in total. The molecule has 1 amide bonds. The average molecular weight is 507 g/mol. The summed E-state index contributed by atoms with van der Waals surface area (Å²) in [7, 11) is 3.67. The molecule has 0 radical (unpaired) electrons. The summed E-state index contributed by atoms with van der Waals surface area (Å²) >= 11 is 3.42. The third-order valence-electron chi connectivity index (χ3n) is 3.23. The van der Waals surface area contributed by atoms with Crippen molar-refractivity contribution < 1.29 is 9.21 Å². The van der Waals surface area contributed by atoms with Gasteiger partial charge in [0.1, 0.15) is 5.76 Å². The van der Waals surface area contributed by atoms with E-state index in [2.05, 4.69) is 38.4 Å². The number of halogens is 2. The number of rotatable bonds is 5. The number of carbonyl (C=O) groups is 1. The van der Waals surface area contributed by atoms with Gasteiger partial charge in [-0.2, -0.15) is 0 Å². The summed E-state index contributed by atoms with van der Waals surface area (Å²) in [5.41, 5.74) is 6.34. The Kier molecular flexibility index (Phi) is 8.26. The van der Waals surface area contributed by atoms with Crippen molar-refractivity contribution in [2.24, 2.45) is 10.7 Å². The smallest absolute Gasteiger partial charge is 0.284 e. The number of nitrogens with one attached hydrogen (secondary N) is 1. The van der Waals surface area contributed by atoms with Gasteiger partial charge in [-0.15, -0.1) is 24.0 Å². The first-order valence-electron chi connectivity index (χ1n) is 7.04. The van der Waals surface area contributed by atoms with Crippen LogP contribution >= 0.6 is 39.9 Å². The van der Waals surface area contributed by atoms with E-state index in [0.717, 1.165) is 17.0 Å². The molecule has 0 saturated heterocycles. The van der Waals surface area contributed by atoms with Gasteiger partial charge in [0, 0.05) is 25.1 Å². The molecular formula is C16H20BrIN4O2. The molecule has 0 bridgehead atoms. The molecule has 0 aliphatic carbocycles. The van der Waals surface area contributed by atoms with Gasteiger partial charge < -0.3 is 20.4 Å². The van der Waals surface area contributed by atoms with Gasteiger partial charge in [0.15, 0.2) is 11.7 Å². The predicted molar refractivity (Wildman–Crippen MR) is 108 cm³/mol. The summed E-state index contributed by atoms with van der Waals surface area (Å²) in [6.07, 6.45) is 0. The first-order chi connectivity index (χ1) is 11.0. The van der Waals surface area contributed by atoms with Crippen LogP contribution in [0.5, 0.6) is 0 Å². The number of aliphatic imine (C=N–C) groups is 1. The lowest BCUT2D eigenvalue weighted by atomic mass is 10.2. The molecule has 0 saturated carbocycles. The van der Waals surface area contributed by atoms with E-state index < -0.39 is 5.91 Å². The number of carbonyl (C=O) groups excluding carboxylic acids is 1. The Labute approximate surface area is 166 Å². The lowest BCUT2D eigenvalue weighted by molar-refractivity contribution is 0.0972. The van der Waals surface area contributed by atoms with Crippen LogP contribution in [0.2, 0.25) is 0 Å². The Hall–Kier alpha value is -1.55. The van der Waals surface area contributed by atoms with Crippen molar-refractivity contribution in [2.45, 2.75) is 13.1 Å². The third-order valence-corrected chi connectivity index (χ3v) is 3.76. The Morgan fingerprint density at radius 3 is 2.50 bits per heavy atom. The standard InChI is InChI=1S/C16H19BrN4O2.HI/c1-19-16(20-9-13-7-8-14(23-13)15(18)22)21(2)10-11-3-5-12(17)6-4-11;/h3-8H,9-10H2,1-2H3,(H2,18,22)(H,19,20);1H. The fourth-order valence-electron chi connectivity index (χ4n) is 2.09. The lowest BCUT2D eigenvalue weighted by Gasteiger charge is -2.21. The molecule has 0 fully saturated rings. The zero-order valence-corrected chi connectivity index (χ0v) is 17.4. The second-order valence-corrected chi connectivity index (χ2v) is 5.93. The van der Waals surface area contributed by atoms with Gasteiger partial charge in [-0.25, -0.2) is 0 Å². The van der Waals surface area contributed by atoms with Crippen molar-refractivity contribution in [1.82, 2.24) is 10.2 Å². The normalized spacial score (nSPS) is 10.9. The molecule has 8 heteroatoms. The maximum atomic E-state index is 11.0. The number of amides is 1. The van der Waals surface area contributed by atoms with Crippen LogP contribution in [0.1, 0.15) is 21.9 Å². The second-order valence-electron chi connectivity index (χ2n) is 5.01. The van der Waals surface area contributed by atoms with Crippen molar-refractivity contribution in [3.63, 3.8) is 0 Å². The average Bonchev–Trinajstić information content (AvgIpc) is 2.99. The molecule has 0 aliphatic heterocycles. The number of furan rings is 1. The van der Waals surface area contributed by atoms with E-state index in [1.54, 1.807) is 19.2 Å². The number of hydrogen-bond acceptors (Lipinski definition) is 3. The van der Waals surface area contributed by atoms with Crippen molar-refractivity contribution in [3.05, 3.63) is 58.0 Å². The molecule has 24 heavy (non-hydrogen) atoms. The third kappa shape index (κ3) is 5.82. The highest BCUT2D eigenvalue weighted by Gasteiger charge is 2.10. The summed E-state index contributed by atoms with van der Waals surface area (Å²) in [4.78, 5) is 17.3. The Bertz CT molecular complexity index is 700. The van der Waals surface area contributed by atoms with Gasteiger partial charge in [-0.3, -0.25) is 9.79 Å². The molecule has 130 valence electrons. The first kappa shape index (κ1) is 20.5. The van der Waals surface area contributed by atoms with Crippen LogP contribution < -0.4 is 11.1 Å². The fraction of sp³-hybridized carbons (Fsp3) is 0.250. The zero-order chi connectivity index (χ0) is 16.8. The van der Waals surface area contributed by atoms with Crippen LogP contribution in [-0.4, -0.2) is 30.9 Å². The van der Waals surface area contributed by atoms with Gasteiger partial charge in [-0.1, -0.05) is 28.1 Å². The number of guanidine groups is 1. The Morgan fingerprint density at radius 1 is 1.29 bits per heavy atom. The van der Waals surface area contributed by atoms with E-state index in [9.17, 15) is 4.79 Å². The van der Waals surface area contributed by atoms with Gasteiger partial charge in [0.05, 0.1) is 6.54 Å². The first-order valence-corrected chi connectivity index (χ1v) is 7.83. The summed E-state index contributed by atoms with van der Waals surface area (Å²) < 4.78 is 6.39. The molecule has 2 rings (SSSR count). The van der Waals surface area contributed by atoms with Crippen molar-refractivity contribution >= 4 is 51.8 Å². The minimum Gasteiger partial charge on any atom is -0.454 e. The van der Waals surface area contributed by atoms with Crippen LogP contribution in [0.25, 0.3) is 0 Å². The van der Waals surface area contributed by atoms with Crippen LogP contribution in [0, 0.1) is 0 Å².